The van der Waals surface area contributed by atoms with Crippen LogP contribution in [-0.2, 0) is 19.1 Å². The molecule has 0 spiro atoms. The fraction of sp³-hybridized carbons (Fsp3) is 0.867. The van der Waals surface area contributed by atoms with Crippen molar-refractivity contribution in [2.75, 3.05) is 14.2 Å². The van der Waals surface area contributed by atoms with E-state index in [0.29, 0.717) is 18.3 Å². The molecule has 0 aliphatic heterocycles. The van der Waals surface area contributed by atoms with Gasteiger partial charge in [0.25, 0.3) is 0 Å². The Bertz CT molecular complexity index is 319. The van der Waals surface area contributed by atoms with Crippen LogP contribution in [0, 0.1) is 23.2 Å². The molecular weight excluding hydrogens is 244 g/mol. The van der Waals surface area contributed by atoms with Gasteiger partial charge < -0.3 is 9.47 Å². The summed E-state index contributed by atoms with van der Waals surface area (Å²) >= 11 is 0. The average molecular weight is 270 g/mol. The van der Waals surface area contributed by atoms with Gasteiger partial charge in [-0.05, 0) is 42.9 Å². The molecule has 2 atom stereocenters. The highest BCUT2D eigenvalue weighted by Gasteiger charge is 2.41. The lowest BCUT2D eigenvalue weighted by molar-refractivity contribution is -0.159. The molecule has 0 radical (unpaired) electrons. The second-order valence-electron chi connectivity index (χ2n) is 6.17. The van der Waals surface area contributed by atoms with Crippen molar-refractivity contribution in [3.63, 3.8) is 0 Å². The first-order valence-electron chi connectivity index (χ1n) is 7.00. The Morgan fingerprint density at radius 2 is 1.68 bits per heavy atom. The van der Waals surface area contributed by atoms with Gasteiger partial charge in [0.2, 0.25) is 0 Å². The van der Waals surface area contributed by atoms with E-state index in [1.54, 1.807) is 0 Å². The molecule has 0 heterocycles. The number of esters is 2. The van der Waals surface area contributed by atoms with Crippen molar-refractivity contribution >= 4 is 11.9 Å². The smallest absolute Gasteiger partial charge is 0.320 e. The quantitative estimate of drug-likeness (QED) is 0.569. The predicted octanol–water partition coefficient (Wildman–Crippen LogP) is 2.80. The van der Waals surface area contributed by atoms with Crippen LogP contribution < -0.4 is 0 Å². The molecule has 4 nitrogen and oxygen atoms in total. The molecule has 0 aromatic carbocycles. The van der Waals surface area contributed by atoms with E-state index in [2.05, 4.69) is 30.2 Å². The largest absolute Gasteiger partial charge is 0.468 e. The van der Waals surface area contributed by atoms with Gasteiger partial charge in [0.15, 0.2) is 5.92 Å². The highest BCUT2D eigenvalue weighted by atomic mass is 16.5. The fourth-order valence-corrected chi connectivity index (χ4v) is 3.10. The van der Waals surface area contributed by atoms with Crippen molar-refractivity contribution in [2.45, 2.75) is 46.5 Å². The minimum atomic E-state index is -0.776. The van der Waals surface area contributed by atoms with Crippen LogP contribution in [-0.4, -0.2) is 26.2 Å². The van der Waals surface area contributed by atoms with Crippen LogP contribution >= 0.6 is 0 Å². The third-order valence-electron chi connectivity index (χ3n) is 5.05. The number of carbonyl (C=O) groups is 2. The third kappa shape index (κ3) is 3.48. The molecule has 110 valence electrons. The molecule has 2 unspecified atom stereocenters. The van der Waals surface area contributed by atoms with Gasteiger partial charge >= 0.3 is 11.9 Å². The van der Waals surface area contributed by atoms with Crippen LogP contribution in [0.4, 0.5) is 0 Å². The molecule has 1 rings (SSSR count). The summed E-state index contributed by atoms with van der Waals surface area (Å²) in [6.45, 7) is 6.83. The maximum Gasteiger partial charge on any atom is 0.320 e. The number of hydrogen-bond donors (Lipinski definition) is 0. The molecule has 0 amide bonds. The van der Waals surface area contributed by atoms with Crippen LogP contribution in [0.25, 0.3) is 0 Å². The summed E-state index contributed by atoms with van der Waals surface area (Å²) in [6, 6.07) is 0. The Hall–Kier alpha value is -1.06. The highest BCUT2D eigenvalue weighted by Crippen LogP contribution is 2.49. The van der Waals surface area contributed by atoms with Crippen molar-refractivity contribution in [2.24, 2.45) is 23.2 Å². The Balaban J connectivity index is 2.62. The maximum atomic E-state index is 11.6. The Morgan fingerprint density at radius 1 is 1.16 bits per heavy atom. The van der Waals surface area contributed by atoms with Crippen LogP contribution in [0.5, 0.6) is 0 Å². The SMILES string of the molecule is COC(=O)C(CCC1CCC(C)C1(C)C)C(=O)OC. The standard InChI is InChI=1S/C15H26O4/c1-10-6-7-11(15(10,2)3)8-9-12(13(16)18-4)14(17)19-5/h10-12H,6-9H2,1-5H3. The topological polar surface area (TPSA) is 52.6 Å². The van der Waals surface area contributed by atoms with Crippen molar-refractivity contribution < 1.29 is 19.1 Å². The zero-order chi connectivity index (χ0) is 14.6. The predicted molar refractivity (Wildman–Crippen MR) is 72.4 cm³/mol. The molecule has 1 saturated carbocycles. The van der Waals surface area contributed by atoms with Crippen molar-refractivity contribution in [3.8, 4) is 0 Å². The van der Waals surface area contributed by atoms with Gasteiger partial charge in [0, 0.05) is 0 Å². The first-order chi connectivity index (χ1) is 8.84. The lowest BCUT2D eigenvalue weighted by atomic mass is 9.74. The summed E-state index contributed by atoms with van der Waals surface area (Å²) in [4.78, 5) is 23.2. The second kappa shape index (κ2) is 6.40. The van der Waals surface area contributed by atoms with E-state index >= 15 is 0 Å². The zero-order valence-electron chi connectivity index (χ0n) is 12.7. The molecule has 0 saturated heterocycles. The van der Waals surface area contributed by atoms with Gasteiger partial charge in [-0.25, -0.2) is 0 Å². The molecule has 1 aliphatic carbocycles. The van der Waals surface area contributed by atoms with Gasteiger partial charge in [-0.15, -0.1) is 0 Å². The van der Waals surface area contributed by atoms with E-state index in [1.165, 1.54) is 27.1 Å². The molecular formula is C15H26O4. The molecule has 0 aromatic heterocycles. The summed E-state index contributed by atoms with van der Waals surface area (Å²) < 4.78 is 9.37. The van der Waals surface area contributed by atoms with E-state index in [4.69, 9.17) is 0 Å². The summed E-state index contributed by atoms with van der Waals surface area (Å²) in [6.07, 6.45) is 3.77. The minimum absolute atomic E-state index is 0.275. The average Bonchev–Trinajstić information content (AvgIpc) is 2.64. The Morgan fingerprint density at radius 3 is 2.05 bits per heavy atom. The monoisotopic (exact) mass is 270 g/mol. The van der Waals surface area contributed by atoms with E-state index in [-0.39, 0.29) is 5.41 Å². The Labute approximate surface area is 115 Å². The summed E-state index contributed by atoms with van der Waals surface area (Å²) in [5.74, 6) is -0.514. The number of hydrogen-bond acceptors (Lipinski definition) is 4. The van der Waals surface area contributed by atoms with Crippen LogP contribution in [0.3, 0.4) is 0 Å². The number of carbonyl (C=O) groups excluding carboxylic acids is 2. The van der Waals surface area contributed by atoms with Gasteiger partial charge in [0.05, 0.1) is 14.2 Å². The lowest BCUT2D eigenvalue weighted by Gasteiger charge is -2.31. The summed E-state index contributed by atoms with van der Waals surface area (Å²) in [5, 5.41) is 0. The van der Waals surface area contributed by atoms with E-state index < -0.39 is 17.9 Å². The fourth-order valence-electron chi connectivity index (χ4n) is 3.10. The van der Waals surface area contributed by atoms with Crippen LogP contribution in [0.15, 0.2) is 0 Å². The molecule has 1 aliphatic rings. The summed E-state index contributed by atoms with van der Waals surface area (Å²) in [7, 11) is 2.61. The van der Waals surface area contributed by atoms with E-state index in [0.717, 1.165) is 6.42 Å². The first kappa shape index (κ1) is 16.0. The Kier molecular flexibility index (Phi) is 5.39. The molecule has 0 N–H and O–H groups in total. The normalized spacial score (nSPS) is 25.4. The highest BCUT2D eigenvalue weighted by molar-refractivity contribution is 5.94. The molecule has 0 aromatic rings. The first-order valence-corrected chi connectivity index (χ1v) is 7.00. The molecule has 19 heavy (non-hydrogen) atoms. The van der Waals surface area contributed by atoms with Crippen molar-refractivity contribution in [1.29, 1.82) is 0 Å². The van der Waals surface area contributed by atoms with Crippen molar-refractivity contribution in [3.05, 3.63) is 0 Å². The zero-order valence-corrected chi connectivity index (χ0v) is 12.7. The van der Waals surface area contributed by atoms with Gasteiger partial charge in [-0.1, -0.05) is 20.8 Å². The van der Waals surface area contributed by atoms with E-state index in [9.17, 15) is 9.59 Å². The van der Waals surface area contributed by atoms with E-state index in [1.807, 2.05) is 0 Å². The molecule has 0 bridgehead atoms. The van der Waals surface area contributed by atoms with Crippen LogP contribution in [0.2, 0.25) is 0 Å². The third-order valence-corrected chi connectivity index (χ3v) is 5.05. The van der Waals surface area contributed by atoms with Crippen molar-refractivity contribution in [1.82, 2.24) is 0 Å². The lowest BCUT2D eigenvalue weighted by Crippen LogP contribution is -2.29. The maximum absolute atomic E-state index is 11.6. The second-order valence-corrected chi connectivity index (χ2v) is 6.17. The van der Waals surface area contributed by atoms with Gasteiger partial charge in [-0.2, -0.15) is 0 Å². The molecule has 1 fully saturated rings. The molecule has 4 heteroatoms. The number of ether oxygens (including phenoxy) is 2. The summed E-state index contributed by atoms with van der Waals surface area (Å²) in [5.41, 5.74) is 0.275. The van der Waals surface area contributed by atoms with Gasteiger partial charge in [-0.3, -0.25) is 9.59 Å². The van der Waals surface area contributed by atoms with Gasteiger partial charge in [0.1, 0.15) is 0 Å². The van der Waals surface area contributed by atoms with Crippen LogP contribution in [0.1, 0.15) is 46.5 Å². The minimum Gasteiger partial charge on any atom is -0.468 e. The number of methoxy groups -OCH3 is 2. The number of rotatable bonds is 5.